The average Bonchev–Trinajstić information content (AvgIpc) is 2.46. The van der Waals surface area contributed by atoms with Gasteiger partial charge in [-0.25, -0.2) is 0 Å². The largest absolute Gasteiger partial charge is 0.496 e. The third-order valence-electron chi connectivity index (χ3n) is 3.26. The first kappa shape index (κ1) is 14.1. The minimum atomic E-state index is 0.275. The van der Waals surface area contributed by atoms with E-state index in [0.29, 0.717) is 6.54 Å². The van der Waals surface area contributed by atoms with Gasteiger partial charge in [0, 0.05) is 10.4 Å². The van der Waals surface area contributed by atoms with Gasteiger partial charge in [-0.1, -0.05) is 46.3 Å². The molecule has 19 heavy (non-hydrogen) atoms. The van der Waals surface area contributed by atoms with Gasteiger partial charge in [0.2, 0.25) is 0 Å². The van der Waals surface area contributed by atoms with E-state index in [1.54, 1.807) is 7.11 Å². The summed E-state index contributed by atoms with van der Waals surface area (Å²) in [6.07, 6.45) is 0.921. The number of hydrogen-bond donors (Lipinski definition) is 1. The molecule has 0 heterocycles. The molecule has 0 spiro atoms. The van der Waals surface area contributed by atoms with Crippen molar-refractivity contribution in [2.75, 3.05) is 13.7 Å². The van der Waals surface area contributed by atoms with Crippen molar-refractivity contribution in [1.82, 2.24) is 0 Å². The smallest absolute Gasteiger partial charge is 0.122 e. The Morgan fingerprint density at radius 1 is 1.11 bits per heavy atom. The van der Waals surface area contributed by atoms with Crippen LogP contribution >= 0.6 is 15.9 Å². The Labute approximate surface area is 122 Å². The maximum atomic E-state index is 5.94. The minimum absolute atomic E-state index is 0.275. The van der Waals surface area contributed by atoms with Crippen molar-refractivity contribution in [2.45, 2.75) is 12.3 Å². The summed E-state index contributed by atoms with van der Waals surface area (Å²) in [6, 6.07) is 16.5. The van der Waals surface area contributed by atoms with E-state index in [1.807, 2.05) is 18.2 Å². The normalized spacial score (nSPS) is 12.2. The summed E-state index contributed by atoms with van der Waals surface area (Å²) in [5.74, 6) is 1.19. The van der Waals surface area contributed by atoms with Crippen molar-refractivity contribution in [2.24, 2.45) is 5.73 Å². The van der Waals surface area contributed by atoms with Gasteiger partial charge in [0.15, 0.2) is 0 Å². The summed E-state index contributed by atoms with van der Waals surface area (Å²) in [5.41, 5.74) is 8.40. The van der Waals surface area contributed by atoms with Crippen LogP contribution < -0.4 is 10.5 Å². The molecule has 2 N–H and O–H groups in total. The Hall–Kier alpha value is -1.32. The van der Waals surface area contributed by atoms with Crippen molar-refractivity contribution in [3.8, 4) is 5.75 Å². The lowest BCUT2D eigenvalue weighted by atomic mass is 9.91. The minimum Gasteiger partial charge on any atom is -0.496 e. The van der Waals surface area contributed by atoms with Crippen LogP contribution in [-0.4, -0.2) is 13.7 Å². The van der Waals surface area contributed by atoms with Gasteiger partial charge in [-0.15, -0.1) is 0 Å². The zero-order valence-corrected chi connectivity index (χ0v) is 12.6. The van der Waals surface area contributed by atoms with Crippen LogP contribution in [0, 0.1) is 0 Å². The Morgan fingerprint density at radius 2 is 1.79 bits per heavy atom. The molecule has 0 amide bonds. The zero-order chi connectivity index (χ0) is 13.7. The molecule has 2 nitrogen and oxygen atoms in total. The van der Waals surface area contributed by atoms with Gasteiger partial charge in [0.05, 0.1) is 7.11 Å². The van der Waals surface area contributed by atoms with E-state index >= 15 is 0 Å². The number of halogens is 1. The number of rotatable bonds is 5. The molecular weight excluding hydrogens is 302 g/mol. The summed E-state index contributed by atoms with van der Waals surface area (Å²) >= 11 is 3.45. The van der Waals surface area contributed by atoms with Gasteiger partial charge >= 0.3 is 0 Å². The standard InChI is InChI=1S/C16H18BrNO/c1-19-16-5-3-2-4-15(16)13(11-18)10-12-6-8-14(17)9-7-12/h2-9,13H,10-11,18H2,1H3. The first-order chi connectivity index (χ1) is 9.24. The van der Waals surface area contributed by atoms with Crippen LogP contribution in [0.15, 0.2) is 53.0 Å². The molecule has 0 aliphatic carbocycles. The van der Waals surface area contributed by atoms with E-state index in [0.717, 1.165) is 16.6 Å². The Balaban J connectivity index is 2.22. The van der Waals surface area contributed by atoms with E-state index in [2.05, 4.69) is 46.3 Å². The molecule has 0 aliphatic rings. The highest BCUT2D eigenvalue weighted by Gasteiger charge is 2.14. The summed E-state index contributed by atoms with van der Waals surface area (Å²) in [5, 5.41) is 0. The average molecular weight is 320 g/mol. The lowest BCUT2D eigenvalue weighted by Crippen LogP contribution is -2.15. The van der Waals surface area contributed by atoms with Crippen molar-refractivity contribution in [3.05, 3.63) is 64.1 Å². The second-order valence-corrected chi connectivity index (χ2v) is 5.42. The highest BCUT2D eigenvalue weighted by Crippen LogP contribution is 2.28. The molecule has 1 atom stereocenters. The van der Waals surface area contributed by atoms with Gasteiger partial charge in [-0.05, 0) is 42.3 Å². The number of para-hydroxylation sites is 1. The molecule has 3 heteroatoms. The van der Waals surface area contributed by atoms with Crippen molar-refractivity contribution in [3.63, 3.8) is 0 Å². The number of benzene rings is 2. The van der Waals surface area contributed by atoms with Gasteiger partial charge in [0.1, 0.15) is 5.75 Å². The second-order valence-electron chi connectivity index (χ2n) is 4.51. The molecule has 0 bridgehead atoms. The van der Waals surface area contributed by atoms with Crippen molar-refractivity contribution >= 4 is 15.9 Å². The first-order valence-electron chi connectivity index (χ1n) is 6.32. The first-order valence-corrected chi connectivity index (χ1v) is 7.11. The summed E-state index contributed by atoms with van der Waals surface area (Å²) < 4.78 is 6.52. The van der Waals surface area contributed by atoms with Gasteiger partial charge in [0.25, 0.3) is 0 Å². The molecule has 100 valence electrons. The maximum Gasteiger partial charge on any atom is 0.122 e. The highest BCUT2D eigenvalue weighted by molar-refractivity contribution is 9.10. The molecule has 0 aliphatic heterocycles. The van der Waals surface area contributed by atoms with Crippen molar-refractivity contribution in [1.29, 1.82) is 0 Å². The van der Waals surface area contributed by atoms with E-state index in [9.17, 15) is 0 Å². The number of ether oxygens (including phenoxy) is 1. The Kier molecular flexibility index (Phi) is 5.00. The monoisotopic (exact) mass is 319 g/mol. The van der Waals surface area contributed by atoms with Gasteiger partial charge in [-0.2, -0.15) is 0 Å². The maximum absolute atomic E-state index is 5.94. The lowest BCUT2D eigenvalue weighted by Gasteiger charge is -2.18. The molecule has 0 saturated heterocycles. The molecule has 2 aromatic rings. The van der Waals surface area contributed by atoms with Crippen molar-refractivity contribution < 1.29 is 4.74 Å². The molecule has 0 aromatic heterocycles. The van der Waals surface area contributed by atoms with Gasteiger partial charge < -0.3 is 10.5 Å². The predicted octanol–water partition coefficient (Wildman–Crippen LogP) is 3.74. The van der Waals surface area contributed by atoms with Crippen LogP contribution in [0.1, 0.15) is 17.0 Å². The molecule has 2 aromatic carbocycles. The molecule has 0 saturated carbocycles. The summed E-state index contributed by atoms with van der Waals surface area (Å²) in [6.45, 7) is 0.608. The fourth-order valence-electron chi connectivity index (χ4n) is 2.23. The van der Waals surface area contributed by atoms with Crippen LogP contribution in [0.4, 0.5) is 0 Å². The fourth-order valence-corrected chi connectivity index (χ4v) is 2.49. The van der Waals surface area contributed by atoms with E-state index in [1.165, 1.54) is 11.1 Å². The third-order valence-corrected chi connectivity index (χ3v) is 3.79. The highest BCUT2D eigenvalue weighted by atomic mass is 79.9. The molecule has 2 rings (SSSR count). The topological polar surface area (TPSA) is 35.2 Å². The summed E-state index contributed by atoms with van der Waals surface area (Å²) in [7, 11) is 1.70. The van der Waals surface area contributed by atoms with Crippen LogP contribution in [0.3, 0.4) is 0 Å². The summed E-state index contributed by atoms with van der Waals surface area (Å²) in [4.78, 5) is 0. The van der Waals surface area contributed by atoms with Crippen LogP contribution in [0.2, 0.25) is 0 Å². The number of methoxy groups -OCH3 is 1. The number of hydrogen-bond acceptors (Lipinski definition) is 2. The lowest BCUT2D eigenvalue weighted by molar-refractivity contribution is 0.405. The van der Waals surface area contributed by atoms with E-state index in [4.69, 9.17) is 10.5 Å². The Morgan fingerprint density at radius 3 is 2.42 bits per heavy atom. The van der Waals surface area contributed by atoms with E-state index in [-0.39, 0.29) is 5.92 Å². The predicted molar refractivity (Wildman–Crippen MR) is 82.6 cm³/mol. The second kappa shape index (κ2) is 6.73. The SMILES string of the molecule is COc1ccccc1C(CN)Cc1ccc(Br)cc1. The van der Waals surface area contributed by atoms with Crippen LogP contribution in [0.5, 0.6) is 5.75 Å². The number of nitrogens with two attached hydrogens (primary N) is 1. The molecule has 1 unspecified atom stereocenters. The van der Waals surface area contributed by atoms with Crippen LogP contribution in [0.25, 0.3) is 0 Å². The fraction of sp³-hybridized carbons (Fsp3) is 0.250. The van der Waals surface area contributed by atoms with Crippen LogP contribution in [-0.2, 0) is 6.42 Å². The van der Waals surface area contributed by atoms with Gasteiger partial charge in [-0.3, -0.25) is 0 Å². The molecular formula is C16H18BrNO. The Bertz CT molecular complexity index is 525. The van der Waals surface area contributed by atoms with E-state index < -0.39 is 0 Å². The zero-order valence-electron chi connectivity index (χ0n) is 11.0. The quantitative estimate of drug-likeness (QED) is 0.911. The molecule has 0 radical (unpaired) electrons. The molecule has 0 fully saturated rings. The third kappa shape index (κ3) is 3.58.